The van der Waals surface area contributed by atoms with Gasteiger partial charge in [0, 0.05) is 70.9 Å². The van der Waals surface area contributed by atoms with Crippen LogP contribution in [-0.2, 0) is 16.1 Å². The number of nitrogens with one attached hydrogen (secondary N) is 2. The summed E-state index contributed by atoms with van der Waals surface area (Å²) in [6.07, 6.45) is 5.63. The third-order valence-electron chi connectivity index (χ3n) is 12.2. The number of piperidine rings is 1. The molecule has 3 fully saturated rings. The van der Waals surface area contributed by atoms with Crippen molar-refractivity contribution in [3.05, 3.63) is 95.8 Å². The van der Waals surface area contributed by atoms with Crippen molar-refractivity contribution in [1.29, 1.82) is 0 Å². The monoisotopic (exact) mass is 855 g/mol. The first kappa shape index (κ1) is 41.4. The van der Waals surface area contributed by atoms with Crippen LogP contribution in [0, 0.1) is 0 Å². The molecule has 3 saturated heterocycles. The van der Waals surface area contributed by atoms with Gasteiger partial charge in [0.1, 0.15) is 17.6 Å². The highest BCUT2D eigenvalue weighted by atomic mass is 16.5. The van der Waals surface area contributed by atoms with Crippen LogP contribution in [-0.4, -0.2) is 146 Å². The molecule has 0 saturated carbocycles. The fraction of sp³-hybridized carbons (Fsp3) is 0.378. The third-order valence-corrected chi connectivity index (χ3v) is 12.2. The third kappa shape index (κ3) is 9.03. The Morgan fingerprint density at radius 2 is 1.63 bits per heavy atom. The van der Waals surface area contributed by atoms with E-state index in [1.165, 1.54) is 4.90 Å². The van der Waals surface area contributed by atoms with Crippen molar-refractivity contribution in [2.75, 3.05) is 75.7 Å². The SMILES string of the molecule is O=C1CCC(N2C(=O)c3cccc(OCCCCCN4CCN(c5ccc(Nc6ncc7ccc(-c8cccc(CN9CCN(C(=O)O)CC9)c8)n7n6)cn5)CC4)c3C2=O)C(=O)N1. The zero-order valence-electron chi connectivity index (χ0n) is 34.8. The number of rotatable bonds is 14. The summed E-state index contributed by atoms with van der Waals surface area (Å²) >= 11 is 0. The van der Waals surface area contributed by atoms with Crippen molar-refractivity contribution in [1.82, 2.24) is 44.5 Å². The lowest BCUT2D eigenvalue weighted by molar-refractivity contribution is -0.136. The lowest BCUT2D eigenvalue weighted by Crippen LogP contribution is -2.54. The van der Waals surface area contributed by atoms with Crippen LogP contribution in [0.2, 0.25) is 0 Å². The van der Waals surface area contributed by atoms with E-state index in [-0.39, 0.29) is 24.0 Å². The minimum atomic E-state index is -1.01. The molecule has 3 N–H and O–H groups in total. The van der Waals surface area contributed by atoms with Gasteiger partial charge in [0.2, 0.25) is 17.8 Å². The van der Waals surface area contributed by atoms with E-state index in [4.69, 9.17) is 14.8 Å². The van der Waals surface area contributed by atoms with Crippen LogP contribution >= 0.6 is 0 Å². The molecule has 63 heavy (non-hydrogen) atoms. The predicted molar refractivity (Wildman–Crippen MR) is 232 cm³/mol. The maximum Gasteiger partial charge on any atom is 0.407 e. The van der Waals surface area contributed by atoms with E-state index in [9.17, 15) is 29.1 Å². The maximum absolute atomic E-state index is 13.3. The van der Waals surface area contributed by atoms with E-state index in [1.54, 1.807) is 30.6 Å². The van der Waals surface area contributed by atoms with Gasteiger partial charge >= 0.3 is 6.09 Å². The molecule has 18 nitrogen and oxygen atoms in total. The number of ether oxygens (including phenoxy) is 1. The molecule has 0 spiro atoms. The maximum atomic E-state index is 13.3. The topological polar surface area (TPSA) is 198 Å². The highest BCUT2D eigenvalue weighted by molar-refractivity contribution is 6.24. The summed E-state index contributed by atoms with van der Waals surface area (Å²) in [5.74, 6) is -0.461. The molecule has 0 radical (unpaired) electrons. The zero-order chi connectivity index (χ0) is 43.5. The lowest BCUT2D eigenvalue weighted by atomic mass is 10.0. The number of piperazine rings is 2. The van der Waals surface area contributed by atoms with Gasteiger partial charge in [-0.2, -0.15) is 0 Å². The smallest absolute Gasteiger partial charge is 0.407 e. The Morgan fingerprint density at radius 1 is 0.825 bits per heavy atom. The van der Waals surface area contributed by atoms with Gasteiger partial charge in [0.05, 0.1) is 47.0 Å². The number of pyridine rings is 1. The summed E-state index contributed by atoms with van der Waals surface area (Å²) in [6.45, 7) is 8.12. The first-order valence-electron chi connectivity index (χ1n) is 21.5. The summed E-state index contributed by atoms with van der Waals surface area (Å²) in [7, 11) is 0. The molecular formula is C45H49N11O7. The number of amides is 5. The number of imide groups is 2. The number of unbranched alkanes of at least 4 members (excludes halogenated alkanes) is 2. The van der Waals surface area contributed by atoms with Gasteiger partial charge in [-0.25, -0.2) is 19.3 Å². The van der Waals surface area contributed by atoms with E-state index in [0.29, 0.717) is 44.5 Å². The van der Waals surface area contributed by atoms with Crippen molar-refractivity contribution in [3.63, 3.8) is 0 Å². The van der Waals surface area contributed by atoms with E-state index in [2.05, 4.69) is 48.5 Å². The molecule has 5 amide bonds. The molecule has 4 aliphatic rings. The quantitative estimate of drug-likeness (QED) is 0.107. The molecule has 0 aliphatic carbocycles. The number of aromatic nitrogens is 4. The van der Waals surface area contributed by atoms with Gasteiger partial charge in [0.15, 0.2) is 0 Å². The van der Waals surface area contributed by atoms with Crippen LogP contribution in [0.4, 0.5) is 22.2 Å². The summed E-state index contributed by atoms with van der Waals surface area (Å²) < 4.78 is 7.89. The lowest BCUT2D eigenvalue weighted by Gasteiger charge is -2.35. The summed E-state index contributed by atoms with van der Waals surface area (Å²) in [4.78, 5) is 80.5. The van der Waals surface area contributed by atoms with E-state index in [0.717, 1.165) is 97.3 Å². The second-order valence-electron chi connectivity index (χ2n) is 16.3. The number of fused-ring (bicyclic) bond motifs is 2. The molecular weight excluding hydrogens is 807 g/mol. The van der Waals surface area contributed by atoms with Gasteiger partial charge < -0.3 is 25.0 Å². The molecule has 3 aromatic heterocycles. The van der Waals surface area contributed by atoms with Crippen molar-refractivity contribution in [3.8, 4) is 17.0 Å². The molecule has 18 heteroatoms. The summed E-state index contributed by atoms with van der Waals surface area (Å²) in [5.41, 5.74) is 5.18. The molecule has 2 aromatic carbocycles. The van der Waals surface area contributed by atoms with Gasteiger partial charge in [-0.15, -0.1) is 5.10 Å². The molecule has 4 aliphatic heterocycles. The molecule has 9 rings (SSSR count). The minimum absolute atomic E-state index is 0.0684. The molecule has 1 unspecified atom stereocenters. The van der Waals surface area contributed by atoms with Crippen LogP contribution in [0.5, 0.6) is 5.75 Å². The van der Waals surface area contributed by atoms with Crippen molar-refractivity contribution in [2.24, 2.45) is 0 Å². The molecule has 326 valence electrons. The number of benzene rings is 2. The fourth-order valence-corrected chi connectivity index (χ4v) is 8.74. The summed E-state index contributed by atoms with van der Waals surface area (Å²) in [5, 5.41) is 19.6. The van der Waals surface area contributed by atoms with Crippen molar-refractivity contribution < 1.29 is 33.8 Å². The Morgan fingerprint density at radius 3 is 2.41 bits per heavy atom. The Labute approximate surface area is 363 Å². The van der Waals surface area contributed by atoms with Crippen LogP contribution < -0.4 is 20.3 Å². The van der Waals surface area contributed by atoms with Crippen LogP contribution in [0.3, 0.4) is 0 Å². The van der Waals surface area contributed by atoms with Crippen molar-refractivity contribution >= 4 is 52.7 Å². The van der Waals surface area contributed by atoms with E-state index in [1.807, 2.05) is 34.8 Å². The van der Waals surface area contributed by atoms with E-state index >= 15 is 0 Å². The molecule has 5 aromatic rings. The highest BCUT2D eigenvalue weighted by Crippen LogP contribution is 2.34. The predicted octanol–water partition coefficient (Wildman–Crippen LogP) is 4.10. The van der Waals surface area contributed by atoms with Gasteiger partial charge in [-0.05, 0) is 80.3 Å². The Bertz CT molecular complexity index is 2530. The fourth-order valence-electron chi connectivity index (χ4n) is 8.74. The second kappa shape index (κ2) is 18.2. The largest absolute Gasteiger partial charge is 0.493 e. The number of hydrogen-bond acceptors (Lipinski definition) is 13. The van der Waals surface area contributed by atoms with Crippen LogP contribution in [0.1, 0.15) is 58.4 Å². The Kier molecular flexibility index (Phi) is 12.0. The number of anilines is 3. The van der Waals surface area contributed by atoms with Gasteiger partial charge in [-0.1, -0.05) is 24.3 Å². The average Bonchev–Trinajstić information content (AvgIpc) is 3.83. The molecule has 0 bridgehead atoms. The molecule has 7 heterocycles. The highest BCUT2D eigenvalue weighted by Gasteiger charge is 2.46. The number of carboxylic acid groups (broad SMARTS) is 1. The molecule has 1 atom stereocenters. The second-order valence-corrected chi connectivity index (χ2v) is 16.3. The van der Waals surface area contributed by atoms with Gasteiger partial charge in [0.25, 0.3) is 11.8 Å². The summed E-state index contributed by atoms with van der Waals surface area (Å²) in [6, 6.07) is 20.3. The normalized spacial score (nSPS) is 18.5. The van der Waals surface area contributed by atoms with E-state index < -0.39 is 35.8 Å². The zero-order valence-corrected chi connectivity index (χ0v) is 34.8. The Balaban J connectivity index is 0.712. The van der Waals surface area contributed by atoms with Crippen LogP contribution in [0.15, 0.2) is 79.1 Å². The van der Waals surface area contributed by atoms with Crippen molar-refractivity contribution in [2.45, 2.75) is 44.7 Å². The number of nitrogens with zero attached hydrogens (tertiary/aromatic N) is 9. The first-order valence-corrected chi connectivity index (χ1v) is 21.5. The Hall–Kier alpha value is -6.92. The van der Waals surface area contributed by atoms with Crippen LogP contribution in [0.25, 0.3) is 16.8 Å². The average molecular weight is 856 g/mol. The first-order chi connectivity index (χ1) is 30.7. The number of carbonyl (C=O) groups is 5. The number of carbonyl (C=O) groups excluding carboxylic acids is 4. The standard InChI is InChI=1S/C45H49N11O7/c57-39-15-13-36(41(58)49-39)55-42(59)34-8-5-9-37(40(34)43(55)60)63-25-3-1-2-16-51-17-21-53(22-18-51)38-14-10-32(27-46-38)48-44-47-28-33-11-12-35(56(33)50-44)31-7-4-6-30(26-31)29-52-19-23-54(24-20-52)45(61)62/h4-12,14,26-28,36H,1-3,13,15-25,29H2,(H,48,50)(H,61,62)(H,49,57,58). The number of hydrogen-bond donors (Lipinski definition) is 3. The minimum Gasteiger partial charge on any atom is -0.493 e. The van der Waals surface area contributed by atoms with Gasteiger partial charge in [-0.3, -0.25) is 39.2 Å².